The largest absolute Gasteiger partial charge is 0.455 e. The van der Waals surface area contributed by atoms with Gasteiger partial charge in [-0.2, -0.15) is 0 Å². The summed E-state index contributed by atoms with van der Waals surface area (Å²) in [7, 11) is 4.17. The second-order valence-electron chi connectivity index (χ2n) is 8.16. The molecule has 1 fully saturated rings. The number of amides is 1. The summed E-state index contributed by atoms with van der Waals surface area (Å²) in [5, 5.41) is 0. The van der Waals surface area contributed by atoms with Gasteiger partial charge >= 0.3 is 0 Å². The van der Waals surface area contributed by atoms with Crippen molar-refractivity contribution in [2.45, 2.75) is 25.9 Å². The Hall–Kier alpha value is -2.11. The smallest absolute Gasteiger partial charge is 0.289 e. The minimum Gasteiger partial charge on any atom is -0.455 e. The van der Waals surface area contributed by atoms with Gasteiger partial charge in [-0.15, -0.1) is 0 Å². The van der Waals surface area contributed by atoms with Crippen LogP contribution in [0.3, 0.4) is 0 Å². The van der Waals surface area contributed by atoms with Crippen LogP contribution in [0.5, 0.6) is 0 Å². The summed E-state index contributed by atoms with van der Waals surface area (Å²) in [6.07, 6.45) is 2.15. The number of fused-ring (bicyclic) bond motifs is 1. The molecule has 0 aliphatic carbocycles. The number of nitrogens with zero attached hydrogens (tertiary/aromatic N) is 3. The molecule has 0 saturated carbocycles. The van der Waals surface area contributed by atoms with Crippen LogP contribution in [0.25, 0.3) is 0 Å². The highest BCUT2D eigenvalue weighted by atomic mass is 16.4. The zero-order valence-corrected chi connectivity index (χ0v) is 16.4. The van der Waals surface area contributed by atoms with Crippen LogP contribution in [-0.4, -0.2) is 60.9 Å². The first-order valence-corrected chi connectivity index (χ1v) is 9.90. The van der Waals surface area contributed by atoms with Crippen molar-refractivity contribution in [2.24, 2.45) is 5.92 Å². The molecule has 2 aliphatic rings. The fourth-order valence-corrected chi connectivity index (χ4v) is 4.33. The van der Waals surface area contributed by atoms with E-state index in [1.54, 1.807) is 0 Å². The monoisotopic (exact) mass is 367 g/mol. The minimum absolute atomic E-state index is 0.0338. The van der Waals surface area contributed by atoms with E-state index >= 15 is 0 Å². The minimum atomic E-state index is 0.0338. The summed E-state index contributed by atoms with van der Waals surface area (Å²) in [6, 6.07) is 12.4. The lowest BCUT2D eigenvalue weighted by molar-refractivity contribution is 0.0749. The summed E-state index contributed by atoms with van der Waals surface area (Å²) >= 11 is 0. The lowest BCUT2D eigenvalue weighted by atomic mass is 10.00. The summed E-state index contributed by atoms with van der Waals surface area (Å²) in [5.41, 5.74) is 2.85. The third-order valence-electron chi connectivity index (χ3n) is 5.66. The van der Waals surface area contributed by atoms with Crippen LogP contribution in [0.4, 0.5) is 0 Å². The molecule has 2 aliphatic heterocycles. The van der Waals surface area contributed by atoms with E-state index in [2.05, 4.69) is 48.2 Å². The Labute approximate surface area is 161 Å². The van der Waals surface area contributed by atoms with Crippen molar-refractivity contribution in [3.8, 4) is 0 Å². The van der Waals surface area contributed by atoms with Crippen molar-refractivity contribution in [2.75, 3.05) is 40.3 Å². The number of hydrogen-bond donors (Lipinski definition) is 0. The van der Waals surface area contributed by atoms with Gasteiger partial charge < -0.3 is 14.2 Å². The number of carbonyl (C=O) groups excluding carboxylic acids is 1. The van der Waals surface area contributed by atoms with E-state index in [0.717, 1.165) is 57.9 Å². The van der Waals surface area contributed by atoms with E-state index < -0.39 is 0 Å². The Kier molecular flexibility index (Phi) is 5.32. The average molecular weight is 367 g/mol. The first-order valence-electron chi connectivity index (χ1n) is 9.90. The number of rotatable bonds is 5. The van der Waals surface area contributed by atoms with E-state index in [4.69, 9.17) is 4.42 Å². The van der Waals surface area contributed by atoms with Crippen LogP contribution in [0.1, 0.15) is 33.9 Å². The van der Waals surface area contributed by atoms with Gasteiger partial charge in [0.2, 0.25) is 0 Å². The lowest BCUT2D eigenvalue weighted by Crippen LogP contribution is -2.30. The summed E-state index contributed by atoms with van der Waals surface area (Å²) < 4.78 is 5.92. The quantitative estimate of drug-likeness (QED) is 0.815. The molecule has 1 atom stereocenters. The molecule has 0 N–H and O–H groups in total. The first-order chi connectivity index (χ1) is 13.1. The van der Waals surface area contributed by atoms with Crippen molar-refractivity contribution in [3.05, 3.63) is 59.0 Å². The van der Waals surface area contributed by atoms with Crippen LogP contribution in [-0.2, 0) is 19.5 Å². The van der Waals surface area contributed by atoms with Crippen molar-refractivity contribution < 1.29 is 9.21 Å². The molecule has 1 aromatic heterocycles. The van der Waals surface area contributed by atoms with Crippen LogP contribution in [0.2, 0.25) is 0 Å². The molecule has 0 spiro atoms. The molecule has 3 heterocycles. The third kappa shape index (κ3) is 4.25. The number of furan rings is 1. The molecule has 2 aromatic rings. The Morgan fingerprint density at radius 1 is 1.15 bits per heavy atom. The maximum atomic E-state index is 12.8. The van der Waals surface area contributed by atoms with Gasteiger partial charge in [-0.1, -0.05) is 24.3 Å². The molecule has 1 aromatic carbocycles. The number of benzene rings is 1. The van der Waals surface area contributed by atoms with Crippen LogP contribution in [0.15, 0.2) is 40.8 Å². The molecular formula is C22H29N3O2. The Morgan fingerprint density at radius 2 is 1.96 bits per heavy atom. The third-order valence-corrected chi connectivity index (χ3v) is 5.66. The van der Waals surface area contributed by atoms with Crippen LogP contribution in [0, 0.1) is 5.92 Å². The van der Waals surface area contributed by atoms with Crippen molar-refractivity contribution in [1.29, 1.82) is 0 Å². The highest BCUT2D eigenvalue weighted by Gasteiger charge is 2.29. The number of hydrogen-bond acceptors (Lipinski definition) is 4. The van der Waals surface area contributed by atoms with E-state index in [9.17, 15) is 4.79 Å². The van der Waals surface area contributed by atoms with Crippen molar-refractivity contribution in [1.82, 2.24) is 14.7 Å². The molecule has 0 bridgehead atoms. The van der Waals surface area contributed by atoms with Crippen molar-refractivity contribution in [3.63, 3.8) is 0 Å². The number of carbonyl (C=O) groups is 1. The highest BCUT2D eigenvalue weighted by molar-refractivity contribution is 5.91. The number of likely N-dealkylation sites (tertiary alicyclic amines) is 1. The summed E-state index contributed by atoms with van der Waals surface area (Å²) in [4.78, 5) is 19.3. The predicted octanol–water partition coefficient (Wildman–Crippen LogP) is 2.86. The second kappa shape index (κ2) is 7.87. The van der Waals surface area contributed by atoms with E-state index in [-0.39, 0.29) is 5.91 Å². The highest BCUT2D eigenvalue weighted by Crippen LogP contribution is 2.23. The van der Waals surface area contributed by atoms with E-state index in [1.807, 2.05) is 17.0 Å². The van der Waals surface area contributed by atoms with E-state index in [0.29, 0.717) is 11.7 Å². The Bertz CT molecular complexity index is 798. The van der Waals surface area contributed by atoms with Gasteiger partial charge in [0.15, 0.2) is 5.76 Å². The van der Waals surface area contributed by atoms with Crippen LogP contribution < -0.4 is 0 Å². The molecule has 0 unspecified atom stereocenters. The van der Waals surface area contributed by atoms with Gasteiger partial charge in [0, 0.05) is 32.7 Å². The van der Waals surface area contributed by atoms with Crippen LogP contribution >= 0.6 is 0 Å². The van der Waals surface area contributed by atoms with Gasteiger partial charge in [0.05, 0.1) is 6.54 Å². The molecule has 144 valence electrons. The van der Waals surface area contributed by atoms with Gasteiger partial charge in [0.1, 0.15) is 5.76 Å². The normalized spacial score (nSPS) is 20.3. The van der Waals surface area contributed by atoms with Gasteiger partial charge in [-0.05, 0) is 56.1 Å². The average Bonchev–Trinajstić information content (AvgIpc) is 3.30. The molecule has 5 heteroatoms. The van der Waals surface area contributed by atoms with Crippen molar-refractivity contribution >= 4 is 5.91 Å². The zero-order valence-electron chi connectivity index (χ0n) is 16.4. The molecular weight excluding hydrogens is 338 g/mol. The van der Waals surface area contributed by atoms with Gasteiger partial charge in [-0.25, -0.2) is 0 Å². The molecule has 0 radical (unpaired) electrons. The zero-order chi connectivity index (χ0) is 18.8. The van der Waals surface area contributed by atoms with E-state index in [1.165, 1.54) is 11.1 Å². The fourth-order valence-electron chi connectivity index (χ4n) is 4.33. The topological polar surface area (TPSA) is 39.9 Å². The Morgan fingerprint density at radius 3 is 2.78 bits per heavy atom. The summed E-state index contributed by atoms with van der Waals surface area (Å²) in [5.74, 6) is 1.95. The first kappa shape index (κ1) is 18.3. The molecule has 4 rings (SSSR count). The Balaban J connectivity index is 1.34. The molecule has 1 amide bonds. The lowest BCUT2D eigenvalue weighted by Gasteiger charge is -2.27. The maximum absolute atomic E-state index is 12.8. The second-order valence-corrected chi connectivity index (χ2v) is 8.16. The molecule has 1 saturated heterocycles. The summed E-state index contributed by atoms with van der Waals surface area (Å²) in [6.45, 7) is 5.42. The predicted molar refractivity (Wildman–Crippen MR) is 106 cm³/mol. The van der Waals surface area contributed by atoms with Gasteiger partial charge in [0.25, 0.3) is 5.91 Å². The SMILES string of the molecule is CN(C)C[C@@H]1CCN(C(=O)c2ccc(CN3CCc4ccccc4C3)o2)C1. The standard InChI is InChI=1S/C22H29N3O2/c1-23(2)13-17-9-12-25(14-17)22(26)21-8-7-20(27-21)16-24-11-10-18-5-3-4-6-19(18)15-24/h3-8,17H,9-16H2,1-2H3/t17-/m0/s1. The van der Waals surface area contributed by atoms with Gasteiger partial charge in [-0.3, -0.25) is 9.69 Å². The fraction of sp³-hybridized carbons (Fsp3) is 0.500. The molecule has 5 nitrogen and oxygen atoms in total. The maximum Gasteiger partial charge on any atom is 0.289 e. The molecule has 27 heavy (non-hydrogen) atoms.